The van der Waals surface area contributed by atoms with E-state index >= 15 is 0 Å². The van der Waals surface area contributed by atoms with Crippen LogP contribution in [0.3, 0.4) is 0 Å². The molecule has 1 aliphatic rings. The van der Waals surface area contributed by atoms with E-state index in [9.17, 15) is 9.59 Å². The smallest absolute Gasteiger partial charge is 0.299 e. The van der Waals surface area contributed by atoms with Crippen molar-refractivity contribution in [2.45, 2.75) is 19.9 Å². The standard InChI is InChI=1S/C18H16ClNO3/c1-2-9-23-16-6-4-3-5-12(16)11-20-15-8-7-13(19)10-14(15)17(21)18(20)22/h3-8,10H,2,9,11H2,1H3. The van der Waals surface area contributed by atoms with Gasteiger partial charge in [-0.3, -0.25) is 9.59 Å². The molecule has 0 aromatic heterocycles. The Morgan fingerprint density at radius 3 is 2.70 bits per heavy atom. The highest BCUT2D eigenvalue weighted by molar-refractivity contribution is 6.52. The number of rotatable bonds is 5. The van der Waals surface area contributed by atoms with Crippen LogP contribution >= 0.6 is 11.6 Å². The van der Waals surface area contributed by atoms with Crippen LogP contribution in [0.5, 0.6) is 5.75 Å². The largest absolute Gasteiger partial charge is 0.493 e. The summed E-state index contributed by atoms with van der Waals surface area (Å²) in [5.74, 6) is -0.320. The molecule has 0 saturated carbocycles. The lowest BCUT2D eigenvalue weighted by Gasteiger charge is -2.19. The molecule has 0 atom stereocenters. The Hall–Kier alpha value is -2.33. The second-order valence-electron chi connectivity index (χ2n) is 5.34. The van der Waals surface area contributed by atoms with Crippen LogP contribution in [0.25, 0.3) is 0 Å². The van der Waals surface area contributed by atoms with E-state index in [4.69, 9.17) is 16.3 Å². The average Bonchev–Trinajstić information content (AvgIpc) is 2.79. The van der Waals surface area contributed by atoms with Crippen LogP contribution in [0.15, 0.2) is 42.5 Å². The van der Waals surface area contributed by atoms with Gasteiger partial charge < -0.3 is 9.64 Å². The van der Waals surface area contributed by atoms with Crippen LogP contribution in [0.1, 0.15) is 29.3 Å². The zero-order valence-electron chi connectivity index (χ0n) is 12.7. The van der Waals surface area contributed by atoms with Gasteiger partial charge in [0.05, 0.1) is 24.4 Å². The Bertz CT molecular complexity index is 773. The molecular weight excluding hydrogens is 314 g/mol. The van der Waals surface area contributed by atoms with Gasteiger partial charge in [-0.1, -0.05) is 36.7 Å². The van der Waals surface area contributed by atoms with Gasteiger partial charge >= 0.3 is 0 Å². The summed E-state index contributed by atoms with van der Waals surface area (Å²) in [6.07, 6.45) is 0.900. The van der Waals surface area contributed by atoms with Gasteiger partial charge in [0.25, 0.3) is 11.7 Å². The summed E-state index contributed by atoms with van der Waals surface area (Å²) in [4.78, 5) is 25.9. The number of ether oxygens (including phenoxy) is 1. The topological polar surface area (TPSA) is 46.6 Å². The highest BCUT2D eigenvalue weighted by Crippen LogP contribution is 2.33. The Kier molecular flexibility index (Phi) is 4.35. The Balaban J connectivity index is 1.93. The lowest BCUT2D eigenvalue weighted by Crippen LogP contribution is -2.29. The summed E-state index contributed by atoms with van der Waals surface area (Å²) in [7, 11) is 0. The highest BCUT2D eigenvalue weighted by Gasteiger charge is 2.36. The number of para-hydroxylation sites is 1. The van der Waals surface area contributed by atoms with Crippen LogP contribution in [-0.4, -0.2) is 18.3 Å². The van der Waals surface area contributed by atoms with E-state index in [1.54, 1.807) is 12.1 Å². The number of Topliss-reactive ketones (excluding diaryl/α,β-unsaturated/α-hetero) is 1. The van der Waals surface area contributed by atoms with E-state index in [2.05, 4.69) is 0 Å². The molecule has 1 aliphatic heterocycles. The third-order valence-electron chi connectivity index (χ3n) is 3.70. The minimum atomic E-state index is -0.535. The average molecular weight is 330 g/mol. The first kappa shape index (κ1) is 15.6. The van der Waals surface area contributed by atoms with Gasteiger partial charge in [0.2, 0.25) is 0 Å². The van der Waals surface area contributed by atoms with E-state index in [-0.39, 0.29) is 0 Å². The predicted octanol–water partition coefficient (Wildman–Crippen LogP) is 3.86. The molecule has 0 unspecified atom stereocenters. The zero-order chi connectivity index (χ0) is 16.4. The first-order chi connectivity index (χ1) is 11.1. The lowest BCUT2D eigenvalue weighted by molar-refractivity contribution is -0.114. The van der Waals surface area contributed by atoms with E-state index in [0.29, 0.717) is 29.4 Å². The van der Waals surface area contributed by atoms with Crippen molar-refractivity contribution >= 4 is 29.0 Å². The fourth-order valence-corrected chi connectivity index (χ4v) is 2.76. The number of benzene rings is 2. The number of carbonyl (C=O) groups is 2. The molecule has 2 aromatic carbocycles. The van der Waals surface area contributed by atoms with E-state index in [1.165, 1.54) is 11.0 Å². The monoisotopic (exact) mass is 329 g/mol. The Labute approximate surface area is 139 Å². The molecule has 4 nitrogen and oxygen atoms in total. The summed E-state index contributed by atoms with van der Waals surface area (Å²) >= 11 is 5.92. The second-order valence-corrected chi connectivity index (χ2v) is 5.77. The van der Waals surface area contributed by atoms with Crippen LogP contribution in [-0.2, 0) is 11.3 Å². The first-order valence-corrected chi connectivity index (χ1v) is 7.86. The number of amides is 1. The molecule has 0 fully saturated rings. The van der Waals surface area contributed by atoms with Crippen LogP contribution in [0, 0.1) is 0 Å². The summed E-state index contributed by atoms with van der Waals surface area (Å²) in [5, 5.41) is 0.443. The lowest BCUT2D eigenvalue weighted by atomic mass is 10.1. The summed E-state index contributed by atoms with van der Waals surface area (Å²) in [5.41, 5.74) is 1.81. The number of nitrogens with zero attached hydrogens (tertiary/aromatic N) is 1. The number of carbonyl (C=O) groups excluding carboxylic acids is 2. The maximum Gasteiger partial charge on any atom is 0.299 e. The molecule has 0 saturated heterocycles. The predicted molar refractivity (Wildman–Crippen MR) is 89.2 cm³/mol. The van der Waals surface area contributed by atoms with E-state index in [1.807, 2.05) is 31.2 Å². The van der Waals surface area contributed by atoms with Crippen molar-refractivity contribution < 1.29 is 14.3 Å². The van der Waals surface area contributed by atoms with Crippen molar-refractivity contribution in [1.29, 1.82) is 0 Å². The molecule has 0 radical (unpaired) electrons. The number of anilines is 1. The molecule has 1 amide bonds. The Morgan fingerprint density at radius 2 is 1.91 bits per heavy atom. The third kappa shape index (κ3) is 2.94. The number of hydrogen-bond acceptors (Lipinski definition) is 3. The fourth-order valence-electron chi connectivity index (χ4n) is 2.59. The van der Waals surface area contributed by atoms with Crippen molar-refractivity contribution in [3.05, 3.63) is 58.6 Å². The van der Waals surface area contributed by atoms with Gasteiger partial charge in [0.1, 0.15) is 5.75 Å². The number of hydrogen-bond donors (Lipinski definition) is 0. The van der Waals surface area contributed by atoms with Gasteiger partial charge in [-0.2, -0.15) is 0 Å². The molecule has 23 heavy (non-hydrogen) atoms. The van der Waals surface area contributed by atoms with Gasteiger partial charge in [0, 0.05) is 10.6 Å². The van der Waals surface area contributed by atoms with E-state index in [0.717, 1.165) is 17.7 Å². The minimum Gasteiger partial charge on any atom is -0.493 e. The molecule has 0 N–H and O–H groups in total. The molecule has 0 bridgehead atoms. The second kappa shape index (κ2) is 6.42. The molecule has 3 rings (SSSR count). The van der Waals surface area contributed by atoms with Gasteiger partial charge in [-0.25, -0.2) is 0 Å². The fraction of sp³-hybridized carbons (Fsp3) is 0.222. The highest BCUT2D eigenvalue weighted by atomic mass is 35.5. The number of fused-ring (bicyclic) bond motifs is 1. The van der Waals surface area contributed by atoms with Gasteiger partial charge in [-0.05, 0) is 30.7 Å². The number of ketones is 1. The van der Waals surface area contributed by atoms with Crippen LogP contribution in [0.4, 0.5) is 5.69 Å². The molecule has 1 heterocycles. The van der Waals surface area contributed by atoms with Crippen molar-refractivity contribution in [2.75, 3.05) is 11.5 Å². The molecule has 0 aliphatic carbocycles. The van der Waals surface area contributed by atoms with Gasteiger partial charge in [-0.15, -0.1) is 0 Å². The molecule has 5 heteroatoms. The summed E-state index contributed by atoms with van der Waals surface area (Å²) in [6, 6.07) is 12.5. The van der Waals surface area contributed by atoms with Crippen molar-refractivity contribution in [1.82, 2.24) is 0 Å². The van der Waals surface area contributed by atoms with Crippen molar-refractivity contribution in [2.24, 2.45) is 0 Å². The molecule has 118 valence electrons. The number of halogens is 1. The maximum absolute atomic E-state index is 12.3. The normalized spacial score (nSPS) is 13.4. The van der Waals surface area contributed by atoms with Crippen molar-refractivity contribution in [3.8, 4) is 5.75 Å². The Morgan fingerprint density at radius 1 is 1.13 bits per heavy atom. The maximum atomic E-state index is 12.3. The summed E-state index contributed by atoms with van der Waals surface area (Å²) in [6.45, 7) is 2.93. The molecule has 2 aromatic rings. The first-order valence-electron chi connectivity index (χ1n) is 7.48. The third-order valence-corrected chi connectivity index (χ3v) is 3.93. The molecule has 0 spiro atoms. The van der Waals surface area contributed by atoms with E-state index < -0.39 is 11.7 Å². The summed E-state index contributed by atoms with van der Waals surface area (Å²) < 4.78 is 5.72. The van der Waals surface area contributed by atoms with Crippen LogP contribution in [0.2, 0.25) is 5.02 Å². The SMILES string of the molecule is CCCOc1ccccc1CN1C(=O)C(=O)c2cc(Cl)ccc21. The van der Waals surface area contributed by atoms with Gasteiger partial charge in [0.15, 0.2) is 0 Å². The molecular formula is C18H16ClNO3. The van der Waals surface area contributed by atoms with Crippen LogP contribution < -0.4 is 9.64 Å². The zero-order valence-corrected chi connectivity index (χ0v) is 13.5. The minimum absolute atomic E-state index is 0.291. The van der Waals surface area contributed by atoms with Crippen molar-refractivity contribution in [3.63, 3.8) is 0 Å². The quantitative estimate of drug-likeness (QED) is 0.783.